The first-order chi connectivity index (χ1) is 14.3. The van der Waals surface area contributed by atoms with Gasteiger partial charge in [-0.05, 0) is 31.5 Å². The van der Waals surface area contributed by atoms with Crippen LogP contribution in [0.25, 0.3) is 11.3 Å². The van der Waals surface area contributed by atoms with E-state index in [2.05, 4.69) is 25.5 Å². The summed E-state index contributed by atoms with van der Waals surface area (Å²) in [7, 11) is 0. The fourth-order valence-electron chi connectivity index (χ4n) is 3.21. The molecule has 0 saturated carbocycles. The lowest BCUT2D eigenvalue weighted by molar-refractivity contribution is -0.131. The molecule has 1 aliphatic rings. The molecular weight excluding hydrogens is 384 g/mol. The first-order valence-electron chi connectivity index (χ1n) is 9.57. The molecule has 0 atom stereocenters. The summed E-state index contributed by atoms with van der Waals surface area (Å²) in [5.41, 5.74) is 1.67. The Labute approximate surface area is 173 Å². The molecule has 4 heterocycles. The molecule has 0 radical (unpaired) electrons. The molecule has 0 bridgehead atoms. The Morgan fingerprint density at radius 2 is 2.13 bits per heavy atom. The number of aromatic nitrogens is 4. The third kappa shape index (κ3) is 3.86. The van der Waals surface area contributed by atoms with Crippen molar-refractivity contribution in [3.05, 3.63) is 48.5 Å². The highest BCUT2D eigenvalue weighted by atomic mass is 16.5. The lowest BCUT2D eigenvalue weighted by Gasteiger charge is -2.18. The molecule has 0 aliphatic carbocycles. The van der Waals surface area contributed by atoms with E-state index >= 15 is 0 Å². The standard InChI is InChI=1S/C21H22N6O3/c1-13-17(30-15-6-8-22-16(10-15)14-11-23-24-12-14)4-5-18(25-13)26-20(29)27-9-7-21(2,3)19(27)28/h4-6,8,10-12H,7,9H2,1-3H3,(H,23,24)(H,25,26,29). The number of aromatic amines is 1. The molecule has 4 rings (SSSR count). The Hall–Kier alpha value is -3.75. The lowest BCUT2D eigenvalue weighted by atomic mass is 9.92. The molecule has 2 N–H and O–H groups in total. The van der Waals surface area contributed by atoms with E-state index in [1.165, 1.54) is 4.90 Å². The minimum absolute atomic E-state index is 0.178. The van der Waals surface area contributed by atoms with Crippen molar-refractivity contribution >= 4 is 17.8 Å². The summed E-state index contributed by atoms with van der Waals surface area (Å²) in [6.07, 6.45) is 5.74. The first-order valence-corrected chi connectivity index (χ1v) is 9.57. The summed E-state index contributed by atoms with van der Waals surface area (Å²) >= 11 is 0. The predicted octanol–water partition coefficient (Wildman–Crippen LogP) is 3.76. The number of rotatable bonds is 4. The van der Waals surface area contributed by atoms with E-state index in [1.807, 2.05) is 13.8 Å². The number of carbonyl (C=O) groups excluding carboxylic acids is 2. The number of ether oxygens (including phenoxy) is 1. The van der Waals surface area contributed by atoms with Crippen LogP contribution in [0.1, 0.15) is 26.0 Å². The Morgan fingerprint density at radius 1 is 1.30 bits per heavy atom. The van der Waals surface area contributed by atoms with Gasteiger partial charge in [0.15, 0.2) is 0 Å². The number of pyridine rings is 2. The van der Waals surface area contributed by atoms with Gasteiger partial charge in [0, 0.05) is 36.0 Å². The number of nitrogens with zero attached hydrogens (tertiary/aromatic N) is 4. The fourth-order valence-corrected chi connectivity index (χ4v) is 3.21. The zero-order valence-corrected chi connectivity index (χ0v) is 17.0. The van der Waals surface area contributed by atoms with Crippen LogP contribution in [0.5, 0.6) is 11.5 Å². The number of H-pyrrole nitrogens is 1. The van der Waals surface area contributed by atoms with Crippen molar-refractivity contribution in [2.75, 3.05) is 11.9 Å². The average molecular weight is 406 g/mol. The smallest absolute Gasteiger partial charge is 0.329 e. The maximum absolute atomic E-state index is 12.5. The molecule has 9 nitrogen and oxygen atoms in total. The second-order valence-corrected chi connectivity index (χ2v) is 7.77. The number of urea groups is 1. The van der Waals surface area contributed by atoms with Crippen molar-refractivity contribution in [2.24, 2.45) is 5.41 Å². The minimum atomic E-state index is -0.516. The molecule has 1 fully saturated rings. The third-order valence-electron chi connectivity index (χ3n) is 5.06. The van der Waals surface area contributed by atoms with Crippen LogP contribution in [0, 0.1) is 12.3 Å². The zero-order valence-electron chi connectivity index (χ0n) is 17.0. The number of likely N-dealkylation sites (tertiary alicyclic amines) is 1. The van der Waals surface area contributed by atoms with Crippen molar-refractivity contribution in [1.29, 1.82) is 0 Å². The summed E-state index contributed by atoms with van der Waals surface area (Å²) in [5, 5.41) is 9.37. The highest BCUT2D eigenvalue weighted by Gasteiger charge is 2.41. The van der Waals surface area contributed by atoms with Gasteiger partial charge in [-0.15, -0.1) is 0 Å². The Balaban J connectivity index is 1.46. The van der Waals surface area contributed by atoms with Crippen molar-refractivity contribution in [1.82, 2.24) is 25.1 Å². The molecule has 9 heteroatoms. The van der Waals surface area contributed by atoms with Gasteiger partial charge in [-0.25, -0.2) is 9.78 Å². The SMILES string of the molecule is Cc1nc(NC(=O)N2CCC(C)(C)C2=O)ccc1Oc1ccnc(-c2cn[nH]c2)c1. The topological polar surface area (TPSA) is 113 Å². The quantitative estimate of drug-likeness (QED) is 0.682. The van der Waals surface area contributed by atoms with E-state index in [0.717, 1.165) is 11.3 Å². The second kappa shape index (κ2) is 7.58. The Kier molecular flexibility index (Phi) is 4.94. The van der Waals surface area contributed by atoms with Gasteiger partial charge in [-0.3, -0.25) is 25.1 Å². The van der Waals surface area contributed by atoms with Gasteiger partial charge in [0.25, 0.3) is 0 Å². The Morgan fingerprint density at radius 3 is 2.80 bits per heavy atom. The van der Waals surface area contributed by atoms with Gasteiger partial charge < -0.3 is 4.74 Å². The Bertz CT molecular complexity index is 1090. The number of nitrogens with one attached hydrogen (secondary N) is 2. The van der Waals surface area contributed by atoms with Gasteiger partial charge >= 0.3 is 6.03 Å². The minimum Gasteiger partial charge on any atom is -0.455 e. The van der Waals surface area contributed by atoms with E-state index in [1.54, 1.807) is 49.8 Å². The number of hydrogen-bond donors (Lipinski definition) is 2. The predicted molar refractivity (Wildman–Crippen MR) is 110 cm³/mol. The summed E-state index contributed by atoms with van der Waals surface area (Å²) in [5.74, 6) is 1.34. The van der Waals surface area contributed by atoms with Crippen molar-refractivity contribution < 1.29 is 14.3 Å². The summed E-state index contributed by atoms with van der Waals surface area (Å²) in [4.78, 5) is 34.7. The van der Waals surface area contributed by atoms with Crippen molar-refractivity contribution in [3.8, 4) is 22.8 Å². The fraction of sp³-hybridized carbons (Fsp3) is 0.286. The molecule has 3 amide bonds. The van der Waals surface area contributed by atoms with Crippen LogP contribution in [0.15, 0.2) is 42.9 Å². The number of carbonyl (C=O) groups is 2. The molecule has 154 valence electrons. The summed E-state index contributed by atoms with van der Waals surface area (Å²) < 4.78 is 5.94. The largest absolute Gasteiger partial charge is 0.455 e. The molecule has 0 spiro atoms. The molecule has 1 aliphatic heterocycles. The number of amides is 3. The van der Waals surface area contributed by atoms with E-state index in [-0.39, 0.29) is 5.91 Å². The van der Waals surface area contributed by atoms with Crippen molar-refractivity contribution in [2.45, 2.75) is 27.2 Å². The van der Waals surface area contributed by atoms with Crippen LogP contribution >= 0.6 is 0 Å². The van der Waals surface area contributed by atoms with E-state index in [9.17, 15) is 9.59 Å². The first kappa shape index (κ1) is 19.6. The van der Waals surface area contributed by atoms with Gasteiger partial charge in [0.2, 0.25) is 5.91 Å². The van der Waals surface area contributed by atoms with Gasteiger partial charge in [0.05, 0.1) is 17.6 Å². The third-order valence-corrected chi connectivity index (χ3v) is 5.06. The van der Waals surface area contributed by atoms with Gasteiger partial charge in [-0.1, -0.05) is 13.8 Å². The van der Waals surface area contributed by atoms with E-state index < -0.39 is 11.4 Å². The lowest BCUT2D eigenvalue weighted by Crippen LogP contribution is -2.39. The normalized spacial score (nSPS) is 15.3. The molecule has 30 heavy (non-hydrogen) atoms. The number of anilines is 1. The highest BCUT2D eigenvalue weighted by Crippen LogP contribution is 2.31. The average Bonchev–Trinajstić information content (AvgIpc) is 3.33. The maximum Gasteiger partial charge on any atom is 0.329 e. The van der Waals surface area contributed by atoms with Crippen LogP contribution in [-0.4, -0.2) is 43.5 Å². The molecule has 1 saturated heterocycles. The number of aryl methyl sites for hydroxylation is 1. The van der Waals surface area contributed by atoms with Crippen LogP contribution in [0.2, 0.25) is 0 Å². The van der Waals surface area contributed by atoms with E-state index in [4.69, 9.17) is 4.74 Å². The van der Waals surface area contributed by atoms with Crippen LogP contribution in [0.4, 0.5) is 10.6 Å². The van der Waals surface area contributed by atoms with Crippen LogP contribution in [-0.2, 0) is 4.79 Å². The number of hydrogen-bond acceptors (Lipinski definition) is 6. The van der Waals surface area contributed by atoms with Crippen molar-refractivity contribution in [3.63, 3.8) is 0 Å². The second-order valence-electron chi connectivity index (χ2n) is 7.77. The van der Waals surface area contributed by atoms with Gasteiger partial charge in [0.1, 0.15) is 17.3 Å². The molecule has 0 aromatic carbocycles. The molecule has 3 aromatic rings. The van der Waals surface area contributed by atoms with Crippen LogP contribution in [0.3, 0.4) is 0 Å². The summed E-state index contributed by atoms with van der Waals surface area (Å²) in [6.45, 7) is 5.87. The summed E-state index contributed by atoms with van der Waals surface area (Å²) in [6, 6.07) is 6.46. The number of imide groups is 1. The van der Waals surface area contributed by atoms with E-state index in [0.29, 0.717) is 36.0 Å². The maximum atomic E-state index is 12.5. The highest BCUT2D eigenvalue weighted by molar-refractivity contribution is 6.03. The molecular formula is C21H22N6O3. The molecule has 3 aromatic heterocycles. The molecule has 0 unspecified atom stereocenters. The van der Waals surface area contributed by atoms with Crippen LogP contribution < -0.4 is 10.1 Å². The monoisotopic (exact) mass is 406 g/mol. The zero-order chi connectivity index (χ0) is 21.3. The van der Waals surface area contributed by atoms with Gasteiger partial charge in [-0.2, -0.15) is 5.10 Å².